The van der Waals surface area contributed by atoms with Crippen LogP contribution in [0, 0.1) is 5.41 Å². The van der Waals surface area contributed by atoms with Crippen LogP contribution in [0.3, 0.4) is 0 Å². The van der Waals surface area contributed by atoms with Gasteiger partial charge in [0.05, 0.1) is 28.1 Å². The highest BCUT2D eigenvalue weighted by Crippen LogP contribution is 2.33. The molecule has 1 fully saturated rings. The summed E-state index contributed by atoms with van der Waals surface area (Å²) in [6, 6.07) is 5.46. The Morgan fingerprint density at radius 2 is 1.90 bits per heavy atom. The minimum Gasteiger partial charge on any atom is -0.370 e. The standard InChI is InChI=1S/C26H31ClF4N4O4S/c1-26(2,3)14-34(12-21(28)29)18(11-32-25(38)19-6-7-20(27)40-19)24(37)33-15-4-5-17(16(10-15)23(30)31)35-8-9-39-13-22(35)36/h4-7,10,18,21,23H,8-9,11-14H2,1-3H3,(H,32,38)(H,33,37)/t18-/m0/s1. The Morgan fingerprint density at radius 3 is 2.48 bits per heavy atom. The van der Waals surface area contributed by atoms with Gasteiger partial charge < -0.3 is 20.3 Å². The van der Waals surface area contributed by atoms with Crippen LogP contribution in [-0.4, -0.2) is 74.5 Å². The van der Waals surface area contributed by atoms with E-state index in [2.05, 4.69) is 10.6 Å². The van der Waals surface area contributed by atoms with Gasteiger partial charge in [0.25, 0.3) is 24.7 Å². The minimum atomic E-state index is -2.97. The van der Waals surface area contributed by atoms with E-state index >= 15 is 0 Å². The van der Waals surface area contributed by atoms with Gasteiger partial charge in [-0.15, -0.1) is 11.3 Å². The first kappa shape index (κ1) is 31.8. The van der Waals surface area contributed by atoms with Crippen molar-refractivity contribution in [3.63, 3.8) is 0 Å². The Kier molecular flexibility index (Phi) is 10.9. The Labute approximate surface area is 238 Å². The lowest BCUT2D eigenvalue weighted by Crippen LogP contribution is -2.54. The number of anilines is 2. The number of nitrogens with zero attached hydrogens (tertiary/aromatic N) is 2. The van der Waals surface area contributed by atoms with E-state index in [-0.39, 0.29) is 49.1 Å². The monoisotopic (exact) mass is 606 g/mol. The smallest absolute Gasteiger partial charge is 0.265 e. The molecule has 220 valence electrons. The summed E-state index contributed by atoms with van der Waals surface area (Å²) in [6.45, 7) is 4.48. The normalized spacial score (nSPS) is 15.2. The second kappa shape index (κ2) is 13.7. The van der Waals surface area contributed by atoms with Crippen LogP contribution < -0.4 is 15.5 Å². The highest BCUT2D eigenvalue weighted by Gasteiger charge is 2.32. The highest BCUT2D eigenvalue weighted by atomic mass is 35.5. The molecule has 0 unspecified atom stereocenters. The average molecular weight is 607 g/mol. The molecule has 0 radical (unpaired) electrons. The number of halogens is 5. The molecular formula is C26H31ClF4N4O4S. The predicted molar refractivity (Wildman–Crippen MR) is 146 cm³/mol. The summed E-state index contributed by atoms with van der Waals surface area (Å²) in [6.07, 6.45) is -5.74. The first-order valence-corrected chi connectivity index (χ1v) is 13.6. The van der Waals surface area contributed by atoms with E-state index in [0.717, 1.165) is 17.4 Å². The number of thiophene rings is 1. The number of carbonyl (C=O) groups excluding carboxylic acids is 3. The third-order valence-corrected chi connectivity index (χ3v) is 7.08. The Balaban J connectivity index is 1.88. The van der Waals surface area contributed by atoms with Crippen LogP contribution in [0.15, 0.2) is 30.3 Å². The maximum Gasteiger partial charge on any atom is 0.265 e. The van der Waals surface area contributed by atoms with Crippen LogP contribution in [0.2, 0.25) is 4.34 Å². The number of morpholine rings is 1. The molecule has 14 heteroatoms. The maximum atomic E-state index is 14.0. The number of hydrogen-bond donors (Lipinski definition) is 2. The van der Waals surface area contributed by atoms with Crippen molar-refractivity contribution in [3.8, 4) is 0 Å². The van der Waals surface area contributed by atoms with Crippen molar-refractivity contribution in [1.82, 2.24) is 10.2 Å². The number of nitrogens with one attached hydrogen (secondary N) is 2. The van der Waals surface area contributed by atoms with E-state index in [9.17, 15) is 31.9 Å². The second-order valence-corrected chi connectivity index (χ2v) is 12.1. The number of carbonyl (C=O) groups is 3. The van der Waals surface area contributed by atoms with Crippen molar-refractivity contribution in [2.45, 2.75) is 39.7 Å². The summed E-state index contributed by atoms with van der Waals surface area (Å²) >= 11 is 6.91. The fourth-order valence-electron chi connectivity index (χ4n) is 4.24. The molecule has 1 atom stereocenters. The molecule has 8 nitrogen and oxygen atoms in total. The van der Waals surface area contributed by atoms with Crippen molar-refractivity contribution < 1.29 is 36.7 Å². The van der Waals surface area contributed by atoms with Gasteiger partial charge in [0.2, 0.25) is 5.91 Å². The van der Waals surface area contributed by atoms with E-state index < -0.39 is 54.1 Å². The molecule has 0 saturated carbocycles. The fraction of sp³-hybridized carbons (Fsp3) is 0.500. The van der Waals surface area contributed by atoms with Crippen LogP contribution in [0.1, 0.15) is 42.4 Å². The maximum absolute atomic E-state index is 14.0. The molecule has 0 spiro atoms. The Hall–Kier alpha value is -2.74. The lowest BCUT2D eigenvalue weighted by molar-refractivity contribution is -0.125. The molecular weight excluding hydrogens is 576 g/mol. The number of amides is 3. The van der Waals surface area contributed by atoms with Gasteiger partial charge in [-0.25, -0.2) is 17.6 Å². The zero-order chi connectivity index (χ0) is 29.6. The number of ether oxygens (including phenoxy) is 1. The van der Waals surface area contributed by atoms with Crippen LogP contribution in [0.4, 0.5) is 28.9 Å². The van der Waals surface area contributed by atoms with Crippen LogP contribution in [-0.2, 0) is 14.3 Å². The van der Waals surface area contributed by atoms with Crippen LogP contribution in [0.5, 0.6) is 0 Å². The minimum absolute atomic E-state index is 0.00761. The van der Waals surface area contributed by atoms with Crippen LogP contribution >= 0.6 is 22.9 Å². The molecule has 1 aromatic carbocycles. The molecule has 3 rings (SSSR count). The van der Waals surface area contributed by atoms with Crippen molar-refractivity contribution in [1.29, 1.82) is 0 Å². The highest BCUT2D eigenvalue weighted by molar-refractivity contribution is 7.18. The summed E-state index contributed by atoms with van der Waals surface area (Å²) < 4.78 is 60.6. The summed E-state index contributed by atoms with van der Waals surface area (Å²) in [5, 5.41) is 5.12. The summed E-state index contributed by atoms with van der Waals surface area (Å²) in [5.74, 6) is -1.79. The van der Waals surface area contributed by atoms with Gasteiger partial charge in [-0.2, -0.15) is 0 Å². The molecule has 40 heavy (non-hydrogen) atoms. The first-order valence-electron chi connectivity index (χ1n) is 12.4. The van der Waals surface area contributed by atoms with Gasteiger partial charge in [-0.1, -0.05) is 32.4 Å². The number of rotatable bonds is 11. The third-order valence-electron chi connectivity index (χ3n) is 5.85. The quantitative estimate of drug-likeness (QED) is 0.349. The zero-order valence-electron chi connectivity index (χ0n) is 22.2. The average Bonchev–Trinajstić information content (AvgIpc) is 3.29. The zero-order valence-corrected chi connectivity index (χ0v) is 23.8. The summed E-state index contributed by atoms with van der Waals surface area (Å²) in [4.78, 5) is 41.0. The summed E-state index contributed by atoms with van der Waals surface area (Å²) in [5.41, 5.74) is -0.995. The number of alkyl halides is 4. The van der Waals surface area contributed by atoms with Crippen molar-refractivity contribution in [2.75, 3.05) is 49.6 Å². The van der Waals surface area contributed by atoms with E-state index in [1.54, 1.807) is 0 Å². The van der Waals surface area contributed by atoms with Crippen molar-refractivity contribution >= 4 is 52.0 Å². The molecule has 2 heterocycles. The number of hydrogen-bond acceptors (Lipinski definition) is 6. The Bertz CT molecular complexity index is 1210. The SMILES string of the molecule is CC(C)(C)CN(CC(F)F)[C@@H](CNC(=O)c1ccc(Cl)s1)C(=O)Nc1ccc(N2CCOCC2=O)c(C(F)F)c1. The molecule has 3 amide bonds. The second-order valence-electron chi connectivity index (χ2n) is 10.4. The molecule has 1 aliphatic rings. The molecule has 2 aromatic rings. The lowest BCUT2D eigenvalue weighted by Gasteiger charge is -2.35. The topological polar surface area (TPSA) is 91.0 Å². The van der Waals surface area contributed by atoms with Gasteiger partial charge in [0.15, 0.2) is 0 Å². The predicted octanol–water partition coefficient (Wildman–Crippen LogP) is 5.05. The molecule has 1 aromatic heterocycles. The molecule has 2 N–H and O–H groups in total. The van der Waals surface area contributed by atoms with E-state index in [1.807, 2.05) is 20.8 Å². The molecule has 1 aliphatic heterocycles. The van der Waals surface area contributed by atoms with Crippen molar-refractivity contribution in [2.24, 2.45) is 5.41 Å². The van der Waals surface area contributed by atoms with E-state index in [0.29, 0.717) is 4.34 Å². The van der Waals surface area contributed by atoms with E-state index in [1.165, 1.54) is 34.1 Å². The van der Waals surface area contributed by atoms with Gasteiger partial charge in [0, 0.05) is 30.9 Å². The fourth-order valence-corrected chi connectivity index (χ4v) is 5.20. The van der Waals surface area contributed by atoms with Gasteiger partial charge >= 0.3 is 0 Å². The van der Waals surface area contributed by atoms with E-state index in [4.69, 9.17) is 16.3 Å². The van der Waals surface area contributed by atoms with Gasteiger partial charge in [-0.05, 0) is 35.7 Å². The molecule has 0 aliphatic carbocycles. The molecule has 1 saturated heterocycles. The van der Waals surface area contributed by atoms with Crippen LogP contribution in [0.25, 0.3) is 0 Å². The number of benzene rings is 1. The summed E-state index contributed by atoms with van der Waals surface area (Å²) in [7, 11) is 0. The lowest BCUT2D eigenvalue weighted by atomic mass is 9.95. The largest absolute Gasteiger partial charge is 0.370 e. The van der Waals surface area contributed by atoms with Crippen molar-refractivity contribution in [3.05, 3.63) is 45.1 Å². The van der Waals surface area contributed by atoms with Gasteiger partial charge in [-0.3, -0.25) is 19.3 Å². The van der Waals surface area contributed by atoms with Gasteiger partial charge in [0.1, 0.15) is 12.6 Å². The third kappa shape index (κ3) is 8.88. The first-order chi connectivity index (χ1) is 18.7. The Morgan fingerprint density at radius 1 is 1.18 bits per heavy atom. The molecule has 0 bridgehead atoms.